The Balaban J connectivity index is 1.72. The molecular weight excluding hydrogens is 318 g/mol. The van der Waals surface area contributed by atoms with Crippen LogP contribution in [0, 0.1) is 0 Å². The van der Waals surface area contributed by atoms with Crippen LogP contribution in [-0.2, 0) is 6.42 Å². The van der Waals surface area contributed by atoms with Crippen LogP contribution >= 0.6 is 0 Å². The summed E-state index contributed by atoms with van der Waals surface area (Å²) in [6.45, 7) is 3.14. The number of hydrogen-bond donors (Lipinski definition) is 1. The smallest absolute Gasteiger partial charge is 0.339 e. The fourth-order valence-corrected chi connectivity index (χ4v) is 3.49. The van der Waals surface area contributed by atoms with Gasteiger partial charge in [-0.05, 0) is 30.7 Å². The van der Waals surface area contributed by atoms with Crippen molar-refractivity contribution < 1.29 is 19.1 Å². The van der Waals surface area contributed by atoms with Crippen LogP contribution in [0.4, 0.5) is 0 Å². The van der Waals surface area contributed by atoms with E-state index in [0.29, 0.717) is 31.2 Å². The molecule has 25 heavy (non-hydrogen) atoms. The Morgan fingerprint density at radius 1 is 1.20 bits per heavy atom. The minimum absolute atomic E-state index is 0.0860. The van der Waals surface area contributed by atoms with Gasteiger partial charge in [0.1, 0.15) is 11.3 Å². The van der Waals surface area contributed by atoms with Gasteiger partial charge in [-0.25, -0.2) is 4.79 Å². The number of nitrogens with zero attached hydrogens (tertiary/aromatic N) is 1. The summed E-state index contributed by atoms with van der Waals surface area (Å²) in [5.74, 6) is -0.327. The number of amides is 1. The molecule has 2 heterocycles. The lowest BCUT2D eigenvalue weighted by Gasteiger charge is -2.19. The molecule has 0 radical (unpaired) electrons. The fourth-order valence-electron chi connectivity index (χ4n) is 3.49. The first kappa shape index (κ1) is 17.3. The molecule has 1 N–H and O–H groups in total. The number of hydrogen-bond acceptors (Lipinski definition) is 3. The molecule has 1 aliphatic rings. The highest BCUT2D eigenvalue weighted by Gasteiger charge is 2.26. The lowest BCUT2D eigenvalue weighted by Crippen LogP contribution is -2.31. The van der Waals surface area contributed by atoms with Gasteiger partial charge in [0.15, 0.2) is 5.76 Å². The number of carbonyl (C=O) groups is 2. The highest BCUT2D eigenvalue weighted by Crippen LogP contribution is 2.28. The number of aromatic carboxylic acids is 1. The van der Waals surface area contributed by atoms with Gasteiger partial charge < -0.3 is 14.4 Å². The minimum atomic E-state index is -1.06. The second kappa shape index (κ2) is 7.55. The molecule has 0 saturated carbocycles. The molecule has 1 unspecified atom stereocenters. The van der Waals surface area contributed by atoms with E-state index in [4.69, 9.17) is 4.42 Å². The van der Waals surface area contributed by atoms with Crippen LogP contribution < -0.4 is 0 Å². The number of aryl methyl sites for hydroxylation is 1. The number of likely N-dealkylation sites (tertiary alicyclic amines) is 1. The van der Waals surface area contributed by atoms with Crippen molar-refractivity contribution in [2.24, 2.45) is 0 Å². The molecule has 3 rings (SSSR count). The predicted octanol–water partition coefficient (Wildman–Crippen LogP) is 3.95. The van der Waals surface area contributed by atoms with Gasteiger partial charge >= 0.3 is 5.97 Å². The lowest BCUT2D eigenvalue weighted by atomic mass is 9.92. The molecule has 0 bridgehead atoms. The van der Waals surface area contributed by atoms with Crippen LogP contribution in [0.25, 0.3) is 0 Å². The van der Waals surface area contributed by atoms with Crippen LogP contribution in [-0.4, -0.2) is 35.0 Å². The molecule has 1 aromatic heterocycles. The molecule has 1 aliphatic heterocycles. The van der Waals surface area contributed by atoms with Crippen molar-refractivity contribution in [2.45, 2.75) is 38.5 Å². The summed E-state index contributed by atoms with van der Waals surface area (Å²) < 4.78 is 5.52. The van der Waals surface area contributed by atoms with Gasteiger partial charge in [-0.15, -0.1) is 0 Å². The van der Waals surface area contributed by atoms with Gasteiger partial charge in [0.2, 0.25) is 0 Å². The van der Waals surface area contributed by atoms with Gasteiger partial charge in [-0.2, -0.15) is 0 Å². The van der Waals surface area contributed by atoms with Crippen LogP contribution in [0.1, 0.15) is 64.3 Å². The van der Waals surface area contributed by atoms with E-state index in [9.17, 15) is 14.7 Å². The molecule has 1 amide bonds. The zero-order valence-corrected chi connectivity index (χ0v) is 14.4. The Hall–Kier alpha value is -2.56. The highest BCUT2D eigenvalue weighted by molar-refractivity contribution is 5.96. The Morgan fingerprint density at radius 2 is 1.96 bits per heavy atom. The quantitative estimate of drug-likeness (QED) is 0.914. The molecule has 1 aromatic carbocycles. The zero-order valence-electron chi connectivity index (χ0n) is 14.4. The summed E-state index contributed by atoms with van der Waals surface area (Å²) in [6, 6.07) is 11.8. The first-order chi connectivity index (χ1) is 12.1. The third-order valence-corrected chi connectivity index (χ3v) is 4.86. The Kier molecular flexibility index (Phi) is 5.22. The largest absolute Gasteiger partial charge is 0.478 e. The van der Waals surface area contributed by atoms with Gasteiger partial charge in [-0.3, -0.25) is 4.79 Å². The van der Waals surface area contributed by atoms with Crippen molar-refractivity contribution in [2.75, 3.05) is 13.1 Å². The standard InChI is InChI=1S/C20H23NO4/c1-2-17-16(20(23)24)13-18(25-17)19(22)21-11-6-9-15(10-12-21)14-7-4-3-5-8-14/h3-5,7-8,13,15H,2,6,9-12H2,1H3,(H,23,24). The van der Waals surface area contributed by atoms with Gasteiger partial charge in [0.25, 0.3) is 5.91 Å². The Morgan fingerprint density at radius 3 is 2.60 bits per heavy atom. The third kappa shape index (κ3) is 3.76. The van der Waals surface area contributed by atoms with E-state index in [1.807, 2.05) is 25.1 Å². The van der Waals surface area contributed by atoms with E-state index < -0.39 is 5.97 Å². The van der Waals surface area contributed by atoms with E-state index in [1.165, 1.54) is 11.6 Å². The summed E-state index contributed by atoms with van der Waals surface area (Å²) in [5, 5.41) is 9.22. The van der Waals surface area contributed by atoms with Crippen LogP contribution in [0.15, 0.2) is 40.8 Å². The topological polar surface area (TPSA) is 70.8 Å². The number of benzene rings is 1. The van der Waals surface area contributed by atoms with Gasteiger partial charge in [0.05, 0.1) is 0 Å². The number of furan rings is 1. The van der Waals surface area contributed by atoms with Crippen molar-refractivity contribution in [1.82, 2.24) is 4.90 Å². The van der Waals surface area contributed by atoms with E-state index >= 15 is 0 Å². The maximum Gasteiger partial charge on any atom is 0.339 e. The maximum absolute atomic E-state index is 12.7. The number of carboxylic acids is 1. The molecule has 5 nitrogen and oxygen atoms in total. The average Bonchev–Trinajstić information content (AvgIpc) is 2.92. The van der Waals surface area contributed by atoms with Gasteiger partial charge in [0, 0.05) is 25.6 Å². The van der Waals surface area contributed by atoms with Crippen LogP contribution in [0.3, 0.4) is 0 Å². The summed E-state index contributed by atoms with van der Waals surface area (Å²) in [4.78, 5) is 25.8. The van der Waals surface area contributed by atoms with Crippen molar-refractivity contribution in [3.8, 4) is 0 Å². The average molecular weight is 341 g/mol. The molecule has 2 aromatic rings. The summed E-state index contributed by atoms with van der Waals surface area (Å²) in [6.07, 6.45) is 3.33. The van der Waals surface area contributed by atoms with Crippen molar-refractivity contribution in [3.63, 3.8) is 0 Å². The zero-order chi connectivity index (χ0) is 17.8. The lowest BCUT2D eigenvalue weighted by molar-refractivity contribution is 0.0691. The number of carboxylic acid groups (broad SMARTS) is 1. The van der Waals surface area contributed by atoms with E-state index in [0.717, 1.165) is 19.3 Å². The first-order valence-electron chi connectivity index (χ1n) is 8.80. The Labute approximate surface area is 147 Å². The molecule has 1 atom stereocenters. The monoisotopic (exact) mass is 341 g/mol. The minimum Gasteiger partial charge on any atom is -0.478 e. The molecule has 132 valence electrons. The summed E-state index contributed by atoms with van der Waals surface area (Å²) in [7, 11) is 0. The normalized spacial score (nSPS) is 18.0. The maximum atomic E-state index is 12.7. The predicted molar refractivity (Wildman–Crippen MR) is 94.0 cm³/mol. The number of rotatable bonds is 4. The second-order valence-electron chi connectivity index (χ2n) is 6.44. The molecule has 1 saturated heterocycles. The first-order valence-corrected chi connectivity index (χ1v) is 8.80. The van der Waals surface area contributed by atoms with E-state index in [1.54, 1.807) is 4.90 Å². The van der Waals surface area contributed by atoms with Gasteiger partial charge in [-0.1, -0.05) is 37.3 Å². The summed E-state index contributed by atoms with van der Waals surface area (Å²) in [5.41, 5.74) is 1.40. The molecular formula is C20H23NO4. The SMILES string of the molecule is CCc1oc(C(=O)N2CCCC(c3ccccc3)CC2)cc1C(=O)O. The third-order valence-electron chi connectivity index (χ3n) is 4.86. The molecule has 1 fully saturated rings. The molecule has 5 heteroatoms. The fraction of sp³-hybridized carbons (Fsp3) is 0.400. The highest BCUT2D eigenvalue weighted by atomic mass is 16.4. The molecule has 0 spiro atoms. The van der Waals surface area contributed by atoms with Crippen LogP contribution in [0.5, 0.6) is 0 Å². The molecule has 0 aliphatic carbocycles. The van der Waals surface area contributed by atoms with Crippen molar-refractivity contribution in [3.05, 3.63) is 59.0 Å². The van der Waals surface area contributed by atoms with Crippen molar-refractivity contribution in [1.29, 1.82) is 0 Å². The van der Waals surface area contributed by atoms with E-state index in [-0.39, 0.29) is 17.2 Å². The second-order valence-corrected chi connectivity index (χ2v) is 6.44. The van der Waals surface area contributed by atoms with E-state index in [2.05, 4.69) is 12.1 Å². The van der Waals surface area contributed by atoms with Crippen molar-refractivity contribution >= 4 is 11.9 Å². The number of carbonyl (C=O) groups excluding carboxylic acids is 1. The Bertz CT molecular complexity index is 750. The van der Waals surface area contributed by atoms with Crippen LogP contribution in [0.2, 0.25) is 0 Å². The summed E-state index contributed by atoms with van der Waals surface area (Å²) >= 11 is 0.